The van der Waals surface area contributed by atoms with Crippen molar-refractivity contribution in [2.24, 2.45) is 0 Å². The predicted octanol–water partition coefficient (Wildman–Crippen LogP) is 4.13. The Morgan fingerprint density at radius 2 is 1.92 bits per heavy atom. The third-order valence-corrected chi connectivity index (χ3v) is 5.15. The van der Waals surface area contributed by atoms with Gasteiger partial charge in [0, 0.05) is 41.4 Å². The van der Waals surface area contributed by atoms with Crippen LogP contribution in [0, 0.1) is 13.8 Å². The molecular formula is C19H26ClN3O. The molecule has 24 heavy (non-hydrogen) atoms. The third kappa shape index (κ3) is 4.11. The molecule has 0 radical (unpaired) electrons. The molecule has 1 N–H and O–H groups in total. The van der Waals surface area contributed by atoms with E-state index in [1.165, 1.54) is 11.3 Å². The molecule has 1 atom stereocenters. The molecule has 0 aliphatic carbocycles. The molecule has 3 rings (SSSR count). The number of benzene rings is 1. The highest BCUT2D eigenvalue weighted by Gasteiger charge is 2.21. The van der Waals surface area contributed by atoms with Gasteiger partial charge in [-0.15, -0.1) is 0 Å². The fourth-order valence-corrected chi connectivity index (χ4v) is 3.64. The molecule has 2 aromatic rings. The Hall–Kier alpha value is -1.52. The number of anilines is 1. The van der Waals surface area contributed by atoms with Gasteiger partial charge >= 0.3 is 0 Å². The molecule has 0 saturated carbocycles. The van der Waals surface area contributed by atoms with Crippen LogP contribution in [0.15, 0.2) is 28.8 Å². The Morgan fingerprint density at radius 1 is 1.25 bits per heavy atom. The summed E-state index contributed by atoms with van der Waals surface area (Å²) in [6.07, 6.45) is 3.29. The van der Waals surface area contributed by atoms with Crippen molar-refractivity contribution in [3.63, 3.8) is 0 Å². The van der Waals surface area contributed by atoms with Crippen LogP contribution >= 0.6 is 11.6 Å². The number of rotatable bonds is 5. The van der Waals surface area contributed by atoms with Gasteiger partial charge in [-0.3, -0.25) is 0 Å². The van der Waals surface area contributed by atoms with Crippen LogP contribution in [0.3, 0.4) is 0 Å². The Morgan fingerprint density at radius 3 is 2.50 bits per heavy atom. The van der Waals surface area contributed by atoms with Gasteiger partial charge in [0.25, 0.3) is 0 Å². The number of piperidine rings is 1. The van der Waals surface area contributed by atoms with E-state index in [-0.39, 0.29) is 0 Å². The quantitative estimate of drug-likeness (QED) is 0.882. The fourth-order valence-electron chi connectivity index (χ4n) is 3.52. The molecule has 5 heteroatoms. The minimum absolute atomic E-state index is 0.425. The average molecular weight is 348 g/mol. The van der Waals surface area contributed by atoms with E-state index >= 15 is 0 Å². The van der Waals surface area contributed by atoms with Crippen molar-refractivity contribution in [2.75, 3.05) is 18.0 Å². The predicted molar refractivity (Wildman–Crippen MR) is 99.0 cm³/mol. The standard InChI is InChI=1S/C19H26ClN3O/c1-13(12-19-14(2)22-24-15(19)3)21-17-8-10-23(11-9-17)18-6-4-16(20)5-7-18/h4-7,13,17,21H,8-12H2,1-3H3. The second kappa shape index (κ2) is 7.58. The fraction of sp³-hybridized carbons (Fsp3) is 0.526. The van der Waals surface area contributed by atoms with Crippen molar-refractivity contribution >= 4 is 17.3 Å². The van der Waals surface area contributed by atoms with E-state index in [1.54, 1.807) is 0 Å². The van der Waals surface area contributed by atoms with Crippen LogP contribution in [0.2, 0.25) is 5.02 Å². The molecule has 1 fully saturated rings. The minimum atomic E-state index is 0.425. The summed E-state index contributed by atoms with van der Waals surface area (Å²) in [5, 5.41) is 8.62. The zero-order chi connectivity index (χ0) is 17.1. The lowest BCUT2D eigenvalue weighted by Gasteiger charge is -2.35. The number of halogens is 1. The van der Waals surface area contributed by atoms with Crippen LogP contribution in [0.1, 0.15) is 36.8 Å². The van der Waals surface area contributed by atoms with Crippen molar-refractivity contribution in [3.8, 4) is 0 Å². The molecule has 1 aromatic carbocycles. The monoisotopic (exact) mass is 347 g/mol. The molecule has 4 nitrogen and oxygen atoms in total. The summed E-state index contributed by atoms with van der Waals surface area (Å²) in [7, 11) is 0. The van der Waals surface area contributed by atoms with Gasteiger partial charge in [0.15, 0.2) is 0 Å². The highest BCUT2D eigenvalue weighted by atomic mass is 35.5. The van der Waals surface area contributed by atoms with Crippen LogP contribution in [0.25, 0.3) is 0 Å². The maximum atomic E-state index is 5.97. The van der Waals surface area contributed by atoms with Gasteiger partial charge in [0.2, 0.25) is 0 Å². The van der Waals surface area contributed by atoms with E-state index in [0.29, 0.717) is 12.1 Å². The molecule has 0 bridgehead atoms. The third-order valence-electron chi connectivity index (χ3n) is 4.90. The van der Waals surface area contributed by atoms with Crippen molar-refractivity contribution in [2.45, 2.75) is 52.1 Å². The van der Waals surface area contributed by atoms with Crippen LogP contribution in [-0.2, 0) is 6.42 Å². The molecule has 1 aliphatic rings. The van der Waals surface area contributed by atoms with E-state index in [0.717, 1.165) is 48.8 Å². The zero-order valence-electron chi connectivity index (χ0n) is 14.7. The van der Waals surface area contributed by atoms with Gasteiger partial charge in [-0.25, -0.2) is 0 Å². The maximum Gasteiger partial charge on any atom is 0.137 e. The van der Waals surface area contributed by atoms with Crippen molar-refractivity contribution in [3.05, 3.63) is 46.3 Å². The number of nitrogens with zero attached hydrogens (tertiary/aromatic N) is 2. The smallest absolute Gasteiger partial charge is 0.137 e. The van der Waals surface area contributed by atoms with Gasteiger partial charge in [0.05, 0.1) is 5.69 Å². The molecule has 1 saturated heterocycles. The topological polar surface area (TPSA) is 41.3 Å². The SMILES string of the molecule is Cc1noc(C)c1CC(C)NC1CCN(c2ccc(Cl)cc2)CC1. The van der Waals surface area contributed by atoms with Crippen molar-refractivity contribution in [1.29, 1.82) is 0 Å². The van der Waals surface area contributed by atoms with Crippen LogP contribution < -0.4 is 10.2 Å². The summed E-state index contributed by atoms with van der Waals surface area (Å²) in [4.78, 5) is 2.44. The van der Waals surface area contributed by atoms with E-state index in [2.05, 4.69) is 34.4 Å². The Kier molecular flexibility index (Phi) is 5.47. The first-order valence-corrected chi connectivity index (χ1v) is 9.09. The zero-order valence-corrected chi connectivity index (χ0v) is 15.4. The van der Waals surface area contributed by atoms with Gasteiger partial charge in [-0.05, 0) is 64.3 Å². The number of hydrogen-bond acceptors (Lipinski definition) is 4. The number of aryl methyl sites for hydroxylation is 2. The number of aromatic nitrogens is 1. The molecule has 1 aromatic heterocycles. The lowest BCUT2D eigenvalue weighted by Crippen LogP contribution is -2.46. The lowest BCUT2D eigenvalue weighted by molar-refractivity contribution is 0.372. The van der Waals surface area contributed by atoms with Gasteiger partial charge in [-0.1, -0.05) is 16.8 Å². The minimum Gasteiger partial charge on any atom is -0.371 e. The Balaban J connectivity index is 1.49. The van der Waals surface area contributed by atoms with Crippen molar-refractivity contribution < 1.29 is 4.52 Å². The molecule has 0 spiro atoms. The molecule has 2 heterocycles. The molecular weight excluding hydrogens is 322 g/mol. The second-order valence-corrected chi connectivity index (χ2v) is 7.25. The largest absolute Gasteiger partial charge is 0.371 e. The van der Waals surface area contributed by atoms with E-state index < -0.39 is 0 Å². The first-order chi connectivity index (χ1) is 11.5. The molecule has 130 valence electrons. The summed E-state index contributed by atoms with van der Waals surface area (Å²) in [5.41, 5.74) is 3.52. The lowest BCUT2D eigenvalue weighted by atomic mass is 10.0. The maximum absolute atomic E-state index is 5.97. The summed E-state index contributed by atoms with van der Waals surface area (Å²) in [6.45, 7) is 8.42. The Labute approximate surface area is 149 Å². The summed E-state index contributed by atoms with van der Waals surface area (Å²) >= 11 is 5.97. The number of hydrogen-bond donors (Lipinski definition) is 1. The average Bonchev–Trinajstić information content (AvgIpc) is 2.88. The van der Waals surface area contributed by atoms with Gasteiger partial charge in [0.1, 0.15) is 5.76 Å². The summed E-state index contributed by atoms with van der Waals surface area (Å²) < 4.78 is 5.26. The van der Waals surface area contributed by atoms with Crippen LogP contribution in [-0.4, -0.2) is 30.3 Å². The van der Waals surface area contributed by atoms with E-state index in [1.807, 2.05) is 26.0 Å². The van der Waals surface area contributed by atoms with E-state index in [4.69, 9.17) is 16.1 Å². The second-order valence-electron chi connectivity index (χ2n) is 6.81. The van der Waals surface area contributed by atoms with Crippen molar-refractivity contribution in [1.82, 2.24) is 10.5 Å². The molecule has 0 amide bonds. The highest BCUT2D eigenvalue weighted by molar-refractivity contribution is 6.30. The first-order valence-electron chi connectivity index (χ1n) is 8.71. The molecule has 1 aliphatic heterocycles. The van der Waals surface area contributed by atoms with E-state index in [9.17, 15) is 0 Å². The Bertz CT molecular complexity index is 640. The van der Waals surface area contributed by atoms with Gasteiger partial charge in [-0.2, -0.15) is 0 Å². The number of nitrogens with one attached hydrogen (secondary N) is 1. The normalized spacial score (nSPS) is 17.2. The van der Waals surface area contributed by atoms with Crippen LogP contribution in [0.4, 0.5) is 5.69 Å². The first kappa shape index (κ1) is 17.3. The highest BCUT2D eigenvalue weighted by Crippen LogP contribution is 2.22. The summed E-state index contributed by atoms with van der Waals surface area (Å²) in [5.74, 6) is 0.943. The summed E-state index contributed by atoms with van der Waals surface area (Å²) in [6, 6.07) is 9.14. The van der Waals surface area contributed by atoms with Crippen LogP contribution in [0.5, 0.6) is 0 Å². The molecule has 1 unspecified atom stereocenters. The van der Waals surface area contributed by atoms with Gasteiger partial charge < -0.3 is 14.7 Å².